The molecule has 0 aromatic carbocycles. The number of likely N-dealkylation sites (tertiary alicyclic amines) is 1. The molecule has 60 valence electrons. The second-order valence-corrected chi connectivity index (χ2v) is 3.63. The highest BCUT2D eigenvalue weighted by atomic mass is 16.3. The molecule has 2 rings (SSSR count). The van der Waals surface area contributed by atoms with E-state index in [0.29, 0.717) is 12.0 Å². The fourth-order valence-electron chi connectivity index (χ4n) is 1.80. The lowest BCUT2D eigenvalue weighted by Crippen LogP contribution is -2.37. The molecule has 2 nitrogen and oxygen atoms in total. The number of hydrogen-bond donors (Lipinski definition) is 1. The summed E-state index contributed by atoms with van der Waals surface area (Å²) in [6.45, 7) is 5.17. The van der Waals surface area contributed by atoms with E-state index >= 15 is 0 Å². The van der Waals surface area contributed by atoms with Crippen molar-refractivity contribution in [3.8, 4) is 11.8 Å². The van der Waals surface area contributed by atoms with Crippen molar-refractivity contribution in [1.29, 1.82) is 0 Å². The molecule has 1 saturated heterocycles. The van der Waals surface area contributed by atoms with E-state index in [2.05, 4.69) is 30.6 Å². The molecule has 1 fully saturated rings. The molecule has 0 bridgehead atoms. The molecule has 3 unspecified atom stereocenters. The van der Waals surface area contributed by atoms with Gasteiger partial charge in [0.2, 0.25) is 0 Å². The average molecular weight is 151 g/mol. The van der Waals surface area contributed by atoms with E-state index < -0.39 is 0 Å². The van der Waals surface area contributed by atoms with Crippen molar-refractivity contribution in [3.63, 3.8) is 0 Å². The van der Waals surface area contributed by atoms with Gasteiger partial charge in [-0.3, -0.25) is 4.90 Å². The highest BCUT2D eigenvalue weighted by molar-refractivity contribution is 5.27. The first-order valence-electron chi connectivity index (χ1n) is 4.15. The molecular formula is C9H13NO. The molecule has 0 aromatic heterocycles. The van der Waals surface area contributed by atoms with Crippen molar-refractivity contribution < 1.29 is 5.11 Å². The predicted octanol–water partition coefficient (Wildman–Crippen LogP) is 0.278. The van der Waals surface area contributed by atoms with Crippen LogP contribution in [0.1, 0.15) is 13.8 Å². The van der Waals surface area contributed by atoms with Crippen LogP contribution in [0.2, 0.25) is 0 Å². The van der Waals surface area contributed by atoms with Crippen molar-refractivity contribution in [2.24, 2.45) is 11.8 Å². The molecule has 1 aliphatic carbocycles. The van der Waals surface area contributed by atoms with Crippen LogP contribution >= 0.6 is 0 Å². The van der Waals surface area contributed by atoms with E-state index in [1.807, 2.05) is 0 Å². The minimum absolute atomic E-state index is 0.248. The number of rotatable bonds is 1. The normalized spacial score (nSPS) is 41.3. The van der Waals surface area contributed by atoms with E-state index in [1.54, 1.807) is 0 Å². The summed E-state index contributed by atoms with van der Waals surface area (Å²) in [5, 5.41) is 9.67. The van der Waals surface area contributed by atoms with E-state index in [1.165, 1.54) is 0 Å². The quantitative estimate of drug-likeness (QED) is 0.544. The first-order chi connectivity index (χ1) is 5.20. The maximum Gasteiger partial charge on any atom is 0.122 e. The van der Waals surface area contributed by atoms with Gasteiger partial charge >= 0.3 is 0 Å². The van der Waals surface area contributed by atoms with Gasteiger partial charge in [-0.2, -0.15) is 0 Å². The van der Waals surface area contributed by atoms with Crippen molar-refractivity contribution >= 4 is 0 Å². The predicted molar refractivity (Wildman–Crippen MR) is 42.6 cm³/mol. The maximum absolute atomic E-state index is 9.67. The second-order valence-electron chi connectivity index (χ2n) is 3.63. The van der Waals surface area contributed by atoms with E-state index in [0.717, 1.165) is 6.54 Å². The van der Waals surface area contributed by atoms with E-state index in [9.17, 15) is 5.11 Å². The Labute approximate surface area is 67.2 Å². The van der Waals surface area contributed by atoms with Gasteiger partial charge in [0.1, 0.15) is 6.23 Å². The molecule has 0 spiro atoms. The number of hydrogen-bond acceptors (Lipinski definition) is 2. The minimum Gasteiger partial charge on any atom is -0.377 e. The zero-order valence-electron chi connectivity index (χ0n) is 6.91. The van der Waals surface area contributed by atoms with Crippen LogP contribution in [0.4, 0.5) is 0 Å². The lowest BCUT2D eigenvalue weighted by atomic mass is 9.88. The zero-order valence-corrected chi connectivity index (χ0v) is 6.91. The molecule has 1 heterocycles. The summed E-state index contributed by atoms with van der Waals surface area (Å²) in [5.74, 6) is 6.77. The van der Waals surface area contributed by atoms with Gasteiger partial charge in [-0.15, -0.1) is 0 Å². The first-order valence-corrected chi connectivity index (χ1v) is 4.15. The van der Waals surface area contributed by atoms with Gasteiger partial charge in [0.15, 0.2) is 0 Å². The first kappa shape index (κ1) is 7.15. The molecule has 0 saturated carbocycles. The Bertz CT molecular complexity index is 225. The summed E-state index contributed by atoms with van der Waals surface area (Å²) in [4.78, 5) is 2.10. The van der Waals surface area contributed by atoms with Crippen molar-refractivity contribution in [2.75, 3.05) is 6.54 Å². The fraction of sp³-hybridized carbons (Fsp3) is 0.778. The van der Waals surface area contributed by atoms with Crippen LogP contribution in [0.5, 0.6) is 0 Å². The monoisotopic (exact) mass is 151 g/mol. The topological polar surface area (TPSA) is 23.5 Å². The Morgan fingerprint density at radius 3 is 2.45 bits per heavy atom. The standard InChI is InChI=1S/C9H13NO/c1-6(2)10-5-7-3-4-8(7)9(10)11/h6-9,11H,5H2,1-2H3. The number of aliphatic hydroxyl groups excluding tert-OH is 1. The molecular weight excluding hydrogens is 138 g/mol. The maximum atomic E-state index is 9.67. The lowest BCUT2D eigenvalue weighted by Gasteiger charge is -2.24. The molecule has 0 aromatic rings. The Morgan fingerprint density at radius 2 is 2.18 bits per heavy atom. The Kier molecular flexibility index (Phi) is 1.45. The Morgan fingerprint density at radius 1 is 1.45 bits per heavy atom. The third kappa shape index (κ3) is 0.885. The van der Waals surface area contributed by atoms with Gasteiger partial charge in [-0.1, -0.05) is 11.8 Å². The van der Waals surface area contributed by atoms with Crippen LogP contribution in [-0.2, 0) is 0 Å². The Balaban J connectivity index is 2.09. The Hall–Kier alpha value is -0.520. The smallest absolute Gasteiger partial charge is 0.122 e. The summed E-state index contributed by atoms with van der Waals surface area (Å²) in [6.07, 6.45) is -0.304. The average Bonchev–Trinajstić information content (AvgIpc) is 2.03. The molecule has 2 heteroatoms. The molecule has 1 aliphatic heterocycles. The molecule has 3 atom stereocenters. The molecule has 11 heavy (non-hydrogen) atoms. The van der Waals surface area contributed by atoms with Crippen molar-refractivity contribution in [1.82, 2.24) is 4.90 Å². The largest absolute Gasteiger partial charge is 0.377 e. The fourth-order valence-corrected chi connectivity index (χ4v) is 1.80. The third-order valence-corrected chi connectivity index (χ3v) is 2.60. The van der Waals surface area contributed by atoms with Crippen molar-refractivity contribution in [2.45, 2.75) is 26.1 Å². The highest BCUT2D eigenvalue weighted by Gasteiger charge is 2.43. The summed E-state index contributed by atoms with van der Waals surface area (Å²) >= 11 is 0. The van der Waals surface area contributed by atoms with Crippen LogP contribution < -0.4 is 0 Å². The highest BCUT2D eigenvalue weighted by Crippen LogP contribution is 2.33. The van der Waals surface area contributed by atoms with Gasteiger partial charge < -0.3 is 5.11 Å². The number of fused-ring (bicyclic) bond motifs is 1. The van der Waals surface area contributed by atoms with Gasteiger partial charge in [-0.05, 0) is 13.8 Å². The molecule has 1 N–H and O–H groups in total. The zero-order chi connectivity index (χ0) is 8.01. The number of aliphatic hydroxyl groups is 1. The van der Waals surface area contributed by atoms with Gasteiger partial charge in [0.05, 0.1) is 11.8 Å². The van der Waals surface area contributed by atoms with E-state index in [4.69, 9.17) is 0 Å². The van der Waals surface area contributed by atoms with Crippen LogP contribution in [0, 0.1) is 23.7 Å². The van der Waals surface area contributed by atoms with E-state index in [-0.39, 0.29) is 12.1 Å². The summed E-state index contributed by atoms with van der Waals surface area (Å²) < 4.78 is 0. The molecule has 2 aliphatic rings. The lowest BCUT2D eigenvalue weighted by molar-refractivity contribution is 0.00209. The van der Waals surface area contributed by atoms with Crippen molar-refractivity contribution in [3.05, 3.63) is 0 Å². The summed E-state index contributed by atoms with van der Waals surface area (Å²) in [7, 11) is 0. The van der Waals surface area contributed by atoms with Crippen LogP contribution in [0.3, 0.4) is 0 Å². The molecule has 0 amide bonds. The van der Waals surface area contributed by atoms with Gasteiger partial charge in [0.25, 0.3) is 0 Å². The molecule has 0 radical (unpaired) electrons. The van der Waals surface area contributed by atoms with Gasteiger partial charge in [-0.25, -0.2) is 0 Å². The summed E-state index contributed by atoms with van der Waals surface area (Å²) in [6, 6.07) is 0.430. The van der Waals surface area contributed by atoms with Crippen LogP contribution in [0.25, 0.3) is 0 Å². The number of nitrogens with zero attached hydrogens (tertiary/aromatic N) is 1. The summed E-state index contributed by atoms with van der Waals surface area (Å²) in [5.41, 5.74) is 0. The van der Waals surface area contributed by atoms with Crippen LogP contribution in [-0.4, -0.2) is 28.8 Å². The van der Waals surface area contributed by atoms with Crippen LogP contribution in [0.15, 0.2) is 0 Å². The SMILES string of the molecule is CC(C)N1CC2C#CC2C1O. The van der Waals surface area contributed by atoms with Gasteiger partial charge in [0, 0.05) is 12.6 Å². The second kappa shape index (κ2) is 2.23. The minimum atomic E-state index is -0.304. The third-order valence-electron chi connectivity index (χ3n) is 2.60.